The van der Waals surface area contributed by atoms with Gasteiger partial charge in [0.05, 0.1) is 4.92 Å². The fraction of sp³-hybridized carbons (Fsp3) is 0.600. The van der Waals surface area contributed by atoms with Crippen LogP contribution in [0, 0.1) is 10.1 Å². The first kappa shape index (κ1) is 16.3. The lowest BCUT2D eigenvalue weighted by atomic mass is 10.1. The van der Waals surface area contributed by atoms with Crippen LogP contribution < -0.4 is 10.6 Å². The smallest absolute Gasteiger partial charge is 0.315 e. The number of nitro benzene ring substituents is 1. The molecule has 112 valence electrons. The maximum Gasteiger partial charge on any atom is 0.315 e. The summed E-state index contributed by atoms with van der Waals surface area (Å²) in [6, 6.07) is 5.61. The van der Waals surface area contributed by atoms with Gasteiger partial charge in [0.1, 0.15) is 11.4 Å². The van der Waals surface area contributed by atoms with E-state index in [4.69, 9.17) is 0 Å². The third-order valence-corrected chi connectivity index (χ3v) is 3.18. The molecule has 0 aliphatic carbocycles. The fourth-order valence-corrected chi connectivity index (χ4v) is 2.11. The van der Waals surface area contributed by atoms with Gasteiger partial charge >= 0.3 is 5.69 Å². The number of rotatable bonds is 9. The monoisotopic (exact) mass is 279 g/mol. The van der Waals surface area contributed by atoms with Crippen molar-refractivity contribution in [2.45, 2.75) is 52.5 Å². The van der Waals surface area contributed by atoms with Gasteiger partial charge < -0.3 is 10.6 Å². The highest BCUT2D eigenvalue weighted by Crippen LogP contribution is 2.33. The van der Waals surface area contributed by atoms with Crippen LogP contribution in [0.15, 0.2) is 18.2 Å². The molecule has 20 heavy (non-hydrogen) atoms. The molecule has 0 saturated heterocycles. The Morgan fingerprint density at radius 3 is 2.55 bits per heavy atom. The second kappa shape index (κ2) is 8.40. The molecule has 0 spiro atoms. The molecule has 1 atom stereocenters. The van der Waals surface area contributed by atoms with Crippen LogP contribution in [0.25, 0.3) is 0 Å². The predicted molar refractivity (Wildman–Crippen MR) is 84.5 cm³/mol. The van der Waals surface area contributed by atoms with Crippen molar-refractivity contribution in [2.75, 3.05) is 17.2 Å². The van der Waals surface area contributed by atoms with E-state index in [-0.39, 0.29) is 16.7 Å². The van der Waals surface area contributed by atoms with E-state index in [0.29, 0.717) is 11.4 Å². The van der Waals surface area contributed by atoms with Crippen molar-refractivity contribution in [2.24, 2.45) is 0 Å². The van der Waals surface area contributed by atoms with E-state index in [1.165, 1.54) is 0 Å². The number of anilines is 2. The molecular weight excluding hydrogens is 254 g/mol. The number of hydrogen-bond acceptors (Lipinski definition) is 4. The lowest BCUT2D eigenvalue weighted by Crippen LogP contribution is -2.16. The van der Waals surface area contributed by atoms with Crippen LogP contribution in [-0.4, -0.2) is 17.5 Å². The largest absolute Gasteiger partial charge is 0.379 e. The van der Waals surface area contributed by atoms with Gasteiger partial charge in [-0.25, -0.2) is 0 Å². The molecule has 5 nitrogen and oxygen atoms in total. The molecule has 0 aliphatic rings. The van der Waals surface area contributed by atoms with Crippen LogP contribution in [0.5, 0.6) is 0 Å². The number of nitro groups is 1. The Balaban J connectivity index is 2.91. The zero-order valence-corrected chi connectivity index (χ0v) is 12.6. The molecular formula is C15H25N3O2. The summed E-state index contributed by atoms with van der Waals surface area (Å²) in [7, 11) is 0. The first-order valence-electron chi connectivity index (χ1n) is 7.37. The molecule has 5 heteroatoms. The van der Waals surface area contributed by atoms with Crippen LogP contribution in [0.3, 0.4) is 0 Å². The molecule has 1 aromatic rings. The van der Waals surface area contributed by atoms with Crippen molar-refractivity contribution in [3.05, 3.63) is 28.3 Å². The topological polar surface area (TPSA) is 67.2 Å². The molecule has 2 N–H and O–H groups in total. The first-order chi connectivity index (χ1) is 9.60. The number of nitrogens with one attached hydrogen (secondary N) is 2. The minimum atomic E-state index is -0.313. The molecule has 0 fully saturated rings. The Hall–Kier alpha value is -1.78. The van der Waals surface area contributed by atoms with Crippen molar-refractivity contribution < 1.29 is 4.92 Å². The summed E-state index contributed by atoms with van der Waals surface area (Å²) in [5.74, 6) is 0. The summed E-state index contributed by atoms with van der Waals surface area (Å²) in [5, 5.41) is 17.7. The average Bonchev–Trinajstić information content (AvgIpc) is 2.42. The van der Waals surface area contributed by atoms with E-state index in [2.05, 4.69) is 24.5 Å². The lowest BCUT2D eigenvalue weighted by molar-refractivity contribution is -0.383. The average molecular weight is 279 g/mol. The highest BCUT2D eigenvalue weighted by atomic mass is 16.6. The normalized spacial score (nSPS) is 11.9. The summed E-state index contributed by atoms with van der Waals surface area (Å²) in [6.07, 6.45) is 4.20. The second-order valence-corrected chi connectivity index (χ2v) is 5.07. The van der Waals surface area contributed by atoms with Gasteiger partial charge in [-0.3, -0.25) is 10.1 Å². The molecule has 1 aromatic carbocycles. The van der Waals surface area contributed by atoms with E-state index in [0.717, 1.165) is 32.2 Å². The molecule has 0 aliphatic heterocycles. The SMILES string of the molecule is CCCCC(C)Nc1cccc(NCCC)c1[N+](=O)[O-]. The second-order valence-electron chi connectivity index (χ2n) is 5.07. The summed E-state index contributed by atoms with van der Waals surface area (Å²) < 4.78 is 0. The zero-order chi connectivity index (χ0) is 15.0. The minimum absolute atomic E-state index is 0.143. The highest BCUT2D eigenvalue weighted by molar-refractivity contribution is 5.76. The van der Waals surface area contributed by atoms with Crippen LogP contribution >= 0.6 is 0 Å². The standard InChI is InChI=1S/C15H25N3O2/c1-4-6-8-12(3)17-14-10-7-9-13(16-11-5-2)15(14)18(19)20/h7,9-10,12,16-17H,4-6,8,11H2,1-3H3. The summed E-state index contributed by atoms with van der Waals surface area (Å²) >= 11 is 0. The maximum atomic E-state index is 11.3. The van der Waals surface area contributed by atoms with Crippen molar-refractivity contribution in [1.82, 2.24) is 0 Å². The third-order valence-electron chi connectivity index (χ3n) is 3.18. The molecule has 0 amide bonds. The molecule has 1 rings (SSSR count). The van der Waals surface area contributed by atoms with Gasteiger partial charge in [0.2, 0.25) is 0 Å². The van der Waals surface area contributed by atoms with E-state index < -0.39 is 0 Å². The van der Waals surface area contributed by atoms with Crippen molar-refractivity contribution in [3.8, 4) is 0 Å². The van der Waals surface area contributed by atoms with E-state index in [1.807, 2.05) is 13.0 Å². The number of hydrogen-bond donors (Lipinski definition) is 2. The Labute approximate surface area is 120 Å². The third kappa shape index (κ3) is 4.72. The molecule has 0 bridgehead atoms. The molecule has 0 radical (unpaired) electrons. The highest BCUT2D eigenvalue weighted by Gasteiger charge is 2.20. The summed E-state index contributed by atoms with van der Waals surface area (Å²) in [4.78, 5) is 11.0. The molecule has 0 aromatic heterocycles. The van der Waals surface area contributed by atoms with E-state index >= 15 is 0 Å². The Kier molecular flexibility index (Phi) is 6.84. The van der Waals surface area contributed by atoms with Gasteiger partial charge in [-0.05, 0) is 31.9 Å². The van der Waals surface area contributed by atoms with Gasteiger partial charge in [-0.2, -0.15) is 0 Å². The summed E-state index contributed by atoms with van der Waals surface area (Å²) in [6.45, 7) is 6.97. The number of nitrogens with zero attached hydrogens (tertiary/aromatic N) is 1. The van der Waals surface area contributed by atoms with Crippen LogP contribution in [-0.2, 0) is 0 Å². The summed E-state index contributed by atoms with van der Waals surface area (Å²) in [5.41, 5.74) is 1.33. The van der Waals surface area contributed by atoms with Gasteiger partial charge in [0.25, 0.3) is 0 Å². The van der Waals surface area contributed by atoms with Crippen LogP contribution in [0.2, 0.25) is 0 Å². The van der Waals surface area contributed by atoms with Crippen LogP contribution in [0.4, 0.5) is 17.1 Å². The number of benzene rings is 1. The van der Waals surface area contributed by atoms with Gasteiger partial charge in [-0.15, -0.1) is 0 Å². The minimum Gasteiger partial charge on any atom is -0.379 e. The fourth-order valence-electron chi connectivity index (χ4n) is 2.11. The van der Waals surface area contributed by atoms with Gasteiger partial charge in [-0.1, -0.05) is 32.8 Å². The van der Waals surface area contributed by atoms with Crippen LogP contribution in [0.1, 0.15) is 46.5 Å². The zero-order valence-electron chi connectivity index (χ0n) is 12.6. The maximum absolute atomic E-state index is 11.3. The van der Waals surface area contributed by atoms with Crippen molar-refractivity contribution in [3.63, 3.8) is 0 Å². The molecule has 0 heterocycles. The van der Waals surface area contributed by atoms with Gasteiger partial charge in [0, 0.05) is 12.6 Å². The van der Waals surface area contributed by atoms with Crippen molar-refractivity contribution >= 4 is 17.1 Å². The van der Waals surface area contributed by atoms with E-state index in [1.54, 1.807) is 12.1 Å². The Morgan fingerprint density at radius 2 is 1.95 bits per heavy atom. The number of para-hydroxylation sites is 1. The molecule has 0 saturated carbocycles. The quantitative estimate of drug-likeness (QED) is 0.519. The lowest BCUT2D eigenvalue weighted by Gasteiger charge is -2.16. The van der Waals surface area contributed by atoms with Crippen molar-refractivity contribution in [1.29, 1.82) is 0 Å². The number of unbranched alkanes of at least 4 members (excludes halogenated alkanes) is 1. The first-order valence-corrected chi connectivity index (χ1v) is 7.37. The Bertz CT molecular complexity index is 435. The van der Waals surface area contributed by atoms with Gasteiger partial charge in [0.15, 0.2) is 0 Å². The predicted octanol–water partition coefficient (Wildman–Crippen LogP) is 4.41. The molecule has 1 unspecified atom stereocenters. The Morgan fingerprint density at radius 1 is 1.25 bits per heavy atom. The van der Waals surface area contributed by atoms with E-state index in [9.17, 15) is 10.1 Å².